The Labute approximate surface area is 188 Å². The van der Waals surface area contributed by atoms with E-state index in [2.05, 4.69) is 51.3 Å². The lowest BCUT2D eigenvalue weighted by atomic mass is 10.1. The number of benzene rings is 1. The molecule has 2 aromatic heterocycles. The molecular weight excluding hydrogens is 412 g/mol. The molecule has 7 nitrogen and oxygen atoms in total. The number of amides is 1. The van der Waals surface area contributed by atoms with Crippen molar-refractivity contribution in [3.8, 4) is 0 Å². The third-order valence-electron chi connectivity index (χ3n) is 5.25. The van der Waals surface area contributed by atoms with Gasteiger partial charge in [-0.05, 0) is 63.7 Å². The molecule has 0 radical (unpaired) electrons. The van der Waals surface area contributed by atoms with Gasteiger partial charge in [-0.25, -0.2) is 9.97 Å². The van der Waals surface area contributed by atoms with E-state index >= 15 is 0 Å². The summed E-state index contributed by atoms with van der Waals surface area (Å²) in [6.45, 7) is 9.75. The predicted molar refractivity (Wildman–Crippen MR) is 127 cm³/mol. The monoisotopic (exact) mass is 440 g/mol. The summed E-state index contributed by atoms with van der Waals surface area (Å²) in [6, 6.07) is 7.42. The van der Waals surface area contributed by atoms with E-state index in [0.717, 1.165) is 37.9 Å². The van der Waals surface area contributed by atoms with Gasteiger partial charge in [0, 0.05) is 17.6 Å². The summed E-state index contributed by atoms with van der Waals surface area (Å²) in [6.07, 6.45) is 6.89. The van der Waals surface area contributed by atoms with Crippen LogP contribution >= 0.6 is 11.6 Å². The highest BCUT2D eigenvalue weighted by molar-refractivity contribution is 6.36. The van der Waals surface area contributed by atoms with Crippen LogP contribution in [-0.4, -0.2) is 51.4 Å². The van der Waals surface area contributed by atoms with E-state index in [4.69, 9.17) is 11.6 Å². The van der Waals surface area contributed by atoms with E-state index in [1.807, 2.05) is 12.1 Å². The molecule has 0 fully saturated rings. The van der Waals surface area contributed by atoms with Crippen LogP contribution in [0.25, 0.3) is 10.9 Å². The smallest absolute Gasteiger partial charge is 0.275 e. The molecule has 0 saturated heterocycles. The summed E-state index contributed by atoms with van der Waals surface area (Å²) in [7, 11) is 0. The lowest BCUT2D eigenvalue weighted by Gasteiger charge is -2.20. The normalized spacial score (nSPS) is 12.2. The zero-order chi connectivity index (χ0) is 22.2. The Hall–Kier alpha value is -2.77. The van der Waals surface area contributed by atoms with Gasteiger partial charge in [0.15, 0.2) is 0 Å². The molecule has 1 atom stereocenters. The Kier molecular flexibility index (Phi) is 8.14. The van der Waals surface area contributed by atoms with Gasteiger partial charge < -0.3 is 15.5 Å². The van der Waals surface area contributed by atoms with Gasteiger partial charge in [0.2, 0.25) is 0 Å². The average Bonchev–Trinajstić information content (AvgIpc) is 2.79. The van der Waals surface area contributed by atoms with Crippen LogP contribution in [0.1, 0.15) is 44.1 Å². The summed E-state index contributed by atoms with van der Waals surface area (Å²) in [5.41, 5.74) is 1.45. The number of hydrogen-bond acceptors (Lipinski definition) is 6. The first kappa shape index (κ1) is 22.9. The molecule has 31 heavy (non-hydrogen) atoms. The number of carbonyl (C=O) groups is 1. The molecule has 3 aromatic rings. The molecule has 0 aliphatic carbocycles. The predicted octanol–water partition coefficient (Wildman–Crippen LogP) is 4.85. The van der Waals surface area contributed by atoms with Crippen LogP contribution in [0.5, 0.6) is 0 Å². The Balaban J connectivity index is 1.58. The van der Waals surface area contributed by atoms with Crippen molar-refractivity contribution in [2.45, 2.75) is 39.7 Å². The van der Waals surface area contributed by atoms with Crippen LogP contribution in [0.15, 0.2) is 42.9 Å². The Bertz CT molecular complexity index is 1010. The minimum absolute atomic E-state index is 0.235. The van der Waals surface area contributed by atoms with Crippen molar-refractivity contribution in [2.75, 3.05) is 30.3 Å². The number of nitrogens with one attached hydrogen (secondary N) is 2. The highest BCUT2D eigenvalue weighted by Crippen LogP contribution is 2.28. The van der Waals surface area contributed by atoms with E-state index in [0.29, 0.717) is 22.0 Å². The van der Waals surface area contributed by atoms with Gasteiger partial charge in [-0.3, -0.25) is 9.78 Å². The van der Waals surface area contributed by atoms with Crippen molar-refractivity contribution in [3.63, 3.8) is 0 Å². The molecule has 1 amide bonds. The van der Waals surface area contributed by atoms with Crippen LogP contribution in [-0.2, 0) is 0 Å². The van der Waals surface area contributed by atoms with Crippen LogP contribution in [0.2, 0.25) is 5.02 Å². The molecule has 0 bridgehead atoms. The van der Waals surface area contributed by atoms with E-state index < -0.39 is 0 Å². The van der Waals surface area contributed by atoms with Crippen molar-refractivity contribution in [3.05, 3.63) is 53.6 Å². The highest BCUT2D eigenvalue weighted by atomic mass is 35.5. The van der Waals surface area contributed by atoms with Gasteiger partial charge in [0.1, 0.15) is 11.5 Å². The standard InChI is InChI=1S/C23H29ClN6O/c1-4-30(5-2)13-7-8-16(3)28-21-15-26-20(14-27-21)23(31)29-19-11-10-18(24)17-9-6-12-25-22(17)19/h6,9-12,14-16H,4-5,7-8,13H2,1-3H3,(H,27,28)(H,29,31). The number of halogens is 1. The Morgan fingerprint density at radius 2 is 1.94 bits per heavy atom. The molecule has 0 spiro atoms. The van der Waals surface area contributed by atoms with E-state index in [-0.39, 0.29) is 17.6 Å². The van der Waals surface area contributed by atoms with E-state index in [9.17, 15) is 4.79 Å². The summed E-state index contributed by atoms with van der Waals surface area (Å²) < 4.78 is 0. The number of carbonyl (C=O) groups excluding carboxylic acids is 1. The molecule has 1 unspecified atom stereocenters. The molecular formula is C23H29ClN6O. The lowest BCUT2D eigenvalue weighted by Crippen LogP contribution is -2.25. The topological polar surface area (TPSA) is 83.0 Å². The number of rotatable bonds is 10. The first-order chi connectivity index (χ1) is 15.0. The Morgan fingerprint density at radius 3 is 2.65 bits per heavy atom. The molecule has 8 heteroatoms. The fourth-order valence-corrected chi connectivity index (χ4v) is 3.65. The van der Waals surface area contributed by atoms with Crippen molar-refractivity contribution < 1.29 is 4.79 Å². The van der Waals surface area contributed by atoms with Crippen molar-refractivity contribution in [1.82, 2.24) is 19.9 Å². The molecule has 0 aliphatic rings. The largest absolute Gasteiger partial charge is 0.366 e. The second-order valence-electron chi connectivity index (χ2n) is 7.45. The molecule has 0 saturated carbocycles. The fraction of sp³-hybridized carbons (Fsp3) is 0.391. The minimum atomic E-state index is -0.347. The van der Waals surface area contributed by atoms with Crippen molar-refractivity contribution in [1.29, 1.82) is 0 Å². The molecule has 0 aliphatic heterocycles. The number of anilines is 2. The molecule has 164 valence electrons. The maximum Gasteiger partial charge on any atom is 0.275 e. The van der Waals surface area contributed by atoms with Crippen LogP contribution in [0, 0.1) is 0 Å². The molecule has 2 N–H and O–H groups in total. The average molecular weight is 441 g/mol. The van der Waals surface area contributed by atoms with Gasteiger partial charge in [-0.1, -0.05) is 25.4 Å². The molecule has 2 heterocycles. The summed E-state index contributed by atoms with van der Waals surface area (Å²) in [5.74, 6) is 0.311. The summed E-state index contributed by atoms with van der Waals surface area (Å²) >= 11 is 6.22. The molecule has 3 rings (SSSR count). The summed E-state index contributed by atoms with van der Waals surface area (Å²) in [4.78, 5) is 28.0. The van der Waals surface area contributed by atoms with Gasteiger partial charge in [-0.15, -0.1) is 0 Å². The number of fused-ring (bicyclic) bond motifs is 1. The third-order valence-corrected chi connectivity index (χ3v) is 5.58. The van der Waals surface area contributed by atoms with Gasteiger partial charge in [0.25, 0.3) is 5.91 Å². The first-order valence-electron chi connectivity index (χ1n) is 10.7. The van der Waals surface area contributed by atoms with Gasteiger partial charge in [0.05, 0.1) is 28.6 Å². The van der Waals surface area contributed by atoms with E-state index in [1.54, 1.807) is 24.5 Å². The van der Waals surface area contributed by atoms with Gasteiger partial charge in [-0.2, -0.15) is 0 Å². The second kappa shape index (κ2) is 11.0. The maximum atomic E-state index is 12.6. The lowest BCUT2D eigenvalue weighted by molar-refractivity contribution is 0.102. The number of pyridine rings is 1. The van der Waals surface area contributed by atoms with Crippen molar-refractivity contribution in [2.24, 2.45) is 0 Å². The molecule has 1 aromatic carbocycles. The van der Waals surface area contributed by atoms with Crippen molar-refractivity contribution >= 4 is 39.9 Å². The zero-order valence-electron chi connectivity index (χ0n) is 18.2. The minimum Gasteiger partial charge on any atom is -0.366 e. The summed E-state index contributed by atoms with van der Waals surface area (Å²) in [5, 5.41) is 7.57. The first-order valence-corrected chi connectivity index (χ1v) is 11.0. The fourth-order valence-electron chi connectivity index (χ4n) is 3.43. The Morgan fingerprint density at radius 1 is 1.13 bits per heavy atom. The zero-order valence-corrected chi connectivity index (χ0v) is 19.0. The second-order valence-corrected chi connectivity index (χ2v) is 7.86. The quantitative estimate of drug-likeness (QED) is 0.468. The highest BCUT2D eigenvalue weighted by Gasteiger charge is 2.13. The van der Waals surface area contributed by atoms with E-state index in [1.165, 1.54) is 6.20 Å². The number of aromatic nitrogens is 3. The number of nitrogens with zero attached hydrogens (tertiary/aromatic N) is 4. The maximum absolute atomic E-state index is 12.6. The van der Waals surface area contributed by atoms with Crippen LogP contribution < -0.4 is 10.6 Å². The van der Waals surface area contributed by atoms with Crippen LogP contribution in [0.3, 0.4) is 0 Å². The van der Waals surface area contributed by atoms with Crippen LogP contribution in [0.4, 0.5) is 11.5 Å². The SMILES string of the molecule is CCN(CC)CCCC(C)Nc1cnc(C(=O)Nc2ccc(Cl)c3cccnc23)cn1. The van der Waals surface area contributed by atoms with Gasteiger partial charge >= 0.3 is 0 Å². The third kappa shape index (κ3) is 6.12. The number of hydrogen-bond donors (Lipinski definition) is 2.